The zero-order valence-corrected chi connectivity index (χ0v) is 18.4. The molecule has 4 rings (SSSR count). The summed E-state index contributed by atoms with van der Waals surface area (Å²) >= 11 is 0. The van der Waals surface area contributed by atoms with E-state index in [2.05, 4.69) is 12.2 Å². The molecule has 1 aliphatic carbocycles. The van der Waals surface area contributed by atoms with E-state index in [-0.39, 0.29) is 23.0 Å². The largest absolute Gasteiger partial charge is 0.494 e. The molecule has 0 atom stereocenters. The Morgan fingerprint density at radius 3 is 2.06 bits per heavy atom. The van der Waals surface area contributed by atoms with Crippen LogP contribution in [0.1, 0.15) is 44.1 Å². The zero-order chi connectivity index (χ0) is 22.7. The van der Waals surface area contributed by atoms with E-state index >= 15 is 0 Å². The van der Waals surface area contributed by atoms with Crippen molar-refractivity contribution >= 4 is 0 Å². The molecule has 0 N–H and O–H groups in total. The van der Waals surface area contributed by atoms with Gasteiger partial charge in [-0.15, -0.1) is 0 Å². The summed E-state index contributed by atoms with van der Waals surface area (Å²) in [5.41, 5.74) is 3.08. The highest BCUT2D eigenvalue weighted by Gasteiger charge is 2.23. The van der Waals surface area contributed by atoms with Gasteiger partial charge in [-0.1, -0.05) is 48.6 Å². The average Bonchev–Trinajstić information content (AvgIpc) is 2.82. The van der Waals surface area contributed by atoms with Gasteiger partial charge in [-0.3, -0.25) is 0 Å². The third-order valence-electron chi connectivity index (χ3n) is 6.47. The lowest BCUT2D eigenvalue weighted by atomic mass is 9.78. The highest BCUT2D eigenvalue weighted by atomic mass is 19.2. The fourth-order valence-electron chi connectivity index (χ4n) is 4.69. The molecule has 1 fully saturated rings. The van der Waals surface area contributed by atoms with Crippen LogP contribution < -0.4 is 4.74 Å². The third-order valence-corrected chi connectivity index (χ3v) is 6.47. The Labute approximate surface area is 187 Å². The maximum atomic E-state index is 15.0. The maximum Gasteiger partial charge on any atom is 0.201 e. The van der Waals surface area contributed by atoms with Gasteiger partial charge in [0.25, 0.3) is 0 Å². The molecule has 0 bridgehead atoms. The molecule has 0 heterocycles. The van der Waals surface area contributed by atoms with E-state index in [4.69, 9.17) is 4.74 Å². The summed E-state index contributed by atoms with van der Waals surface area (Å²) in [6.45, 7) is 2.04. The van der Waals surface area contributed by atoms with Gasteiger partial charge in [-0.25, -0.2) is 8.78 Å². The van der Waals surface area contributed by atoms with Crippen molar-refractivity contribution in [2.75, 3.05) is 7.11 Å². The van der Waals surface area contributed by atoms with Crippen molar-refractivity contribution in [1.82, 2.24) is 0 Å². The van der Waals surface area contributed by atoms with Gasteiger partial charge in [0.1, 0.15) is 5.82 Å². The van der Waals surface area contributed by atoms with Crippen LogP contribution >= 0.6 is 0 Å². The number of halogens is 3. The summed E-state index contributed by atoms with van der Waals surface area (Å²) < 4.78 is 48.2. The maximum absolute atomic E-state index is 15.0. The second kappa shape index (κ2) is 9.64. The lowest BCUT2D eigenvalue weighted by molar-refractivity contribution is 0.368. The fourth-order valence-corrected chi connectivity index (χ4v) is 4.69. The molecule has 4 heteroatoms. The van der Waals surface area contributed by atoms with Crippen LogP contribution in [0.5, 0.6) is 5.75 Å². The Kier molecular flexibility index (Phi) is 6.69. The average molecular weight is 437 g/mol. The van der Waals surface area contributed by atoms with E-state index in [1.54, 1.807) is 30.3 Å². The van der Waals surface area contributed by atoms with Crippen molar-refractivity contribution in [1.29, 1.82) is 0 Å². The number of ether oxygens (including phenoxy) is 1. The van der Waals surface area contributed by atoms with E-state index < -0.39 is 11.6 Å². The highest BCUT2D eigenvalue weighted by Crippen LogP contribution is 2.38. The van der Waals surface area contributed by atoms with Gasteiger partial charge in [-0.2, -0.15) is 4.39 Å². The van der Waals surface area contributed by atoms with Crippen LogP contribution in [0.25, 0.3) is 22.3 Å². The molecule has 32 heavy (non-hydrogen) atoms. The van der Waals surface area contributed by atoms with Gasteiger partial charge in [-0.05, 0) is 84.9 Å². The van der Waals surface area contributed by atoms with Crippen molar-refractivity contribution < 1.29 is 17.9 Å². The van der Waals surface area contributed by atoms with Crippen LogP contribution in [0.3, 0.4) is 0 Å². The Balaban J connectivity index is 1.53. The first-order chi connectivity index (χ1) is 15.5. The summed E-state index contributed by atoms with van der Waals surface area (Å²) in [6.07, 6.45) is 8.56. The monoisotopic (exact) mass is 436 g/mol. The molecule has 1 saturated carbocycles. The van der Waals surface area contributed by atoms with Crippen LogP contribution in [-0.2, 0) is 0 Å². The fraction of sp³-hybridized carbons (Fsp3) is 0.286. The first-order valence-electron chi connectivity index (χ1n) is 11.1. The molecule has 0 aromatic heterocycles. The molecule has 3 aromatic carbocycles. The minimum absolute atomic E-state index is 0.131. The molecule has 0 aliphatic heterocycles. The molecular formula is C28H27F3O. The summed E-state index contributed by atoms with van der Waals surface area (Å²) in [6, 6.07) is 15.4. The minimum Gasteiger partial charge on any atom is -0.494 e. The standard InChI is InChI=1S/C28H27F3O/c1-3-4-18-5-7-20(8-6-18)23-14-13-22(17-25(23)29)19-9-11-21(12-10-19)24-15-16-26(32-2)28(31)27(24)30/h3-4,9-18,20H,5-8H2,1-2H3/b4-3+. The van der Waals surface area contributed by atoms with Crippen LogP contribution in [0.15, 0.2) is 66.7 Å². The van der Waals surface area contributed by atoms with Gasteiger partial charge in [0.15, 0.2) is 11.6 Å². The summed E-state index contributed by atoms with van der Waals surface area (Å²) in [5, 5.41) is 0. The second-order valence-electron chi connectivity index (χ2n) is 8.39. The van der Waals surface area contributed by atoms with Crippen LogP contribution in [-0.4, -0.2) is 7.11 Å². The van der Waals surface area contributed by atoms with Crippen molar-refractivity contribution in [3.05, 3.63) is 89.8 Å². The van der Waals surface area contributed by atoms with Gasteiger partial charge >= 0.3 is 0 Å². The highest BCUT2D eigenvalue weighted by molar-refractivity contribution is 5.71. The molecule has 0 amide bonds. The third kappa shape index (κ3) is 4.45. The number of methoxy groups -OCH3 is 1. The van der Waals surface area contributed by atoms with E-state index in [9.17, 15) is 13.2 Å². The number of hydrogen-bond acceptors (Lipinski definition) is 1. The molecule has 0 radical (unpaired) electrons. The van der Waals surface area contributed by atoms with Crippen LogP contribution in [0.4, 0.5) is 13.2 Å². The van der Waals surface area contributed by atoms with Gasteiger partial charge in [0.2, 0.25) is 5.82 Å². The predicted molar refractivity (Wildman–Crippen MR) is 123 cm³/mol. The number of hydrogen-bond donors (Lipinski definition) is 0. The Morgan fingerprint density at radius 2 is 1.44 bits per heavy atom. The molecule has 1 aliphatic rings. The summed E-state index contributed by atoms with van der Waals surface area (Å²) in [4.78, 5) is 0. The Morgan fingerprint density at radius 1 is 0.781 bits per heavy atom. The zero-order valence-electron chi connectivity index (χ0n) is 18.4. The molecule has 0 unspecified atom stereocenters. The quantitative estimate of drug-likeness (QED) is 0.366. The first kappa shape index (κ1) is 22.2. The van der Waals surface area contributed by atoms with E-state index in [0.717, 1.165) is 42.4 Å². The topological polar surface area (TPSA) is 9.23 Å². The SMILES string of the molecule is C/C=C/C1CCC(c2ccc(-c3ccc(-c4ccc(OC)c(F)c4F)cc3)cc2F)CC1. The summed E-state index contributed by atoms with van der Waals surface area (Å²) in [5.74, 6) is -1.39. The predicted octanol–water partition coefficient (Wildman–Crippen LogP) is 8.30. The normalized spacial score (nSPS) is 18.8. The molecular weight excluding hydrogens is 409 g/mol. The van der Waals surface area contributed by atoms with Crippen LogP contribution in [0, 0.1) is 23.4 Å². The second-order valence-corrected chi connectivity index (χ2v) is 8.39. The minimum atomic E-state index is -1.01. The molecule has 166 valence electrons. The molecule has 0 saturated heterocycles. The van der Waals surface area contributed by atoms with Gasteiger partial charge in [0.05, 0.1) is 7.11 Å². The number of allylic oxidation sites excluding steroid dienone is 2. The van der Waals surface area contributed by atoms with Gasteiger partial charge in [0, 0.05) is 5.56 Å². The van der Waals surface area contributed by atoms with Crippen LogP contribution in [0.2, 0.25) is 0 Å². The number of rotatable bonds is 5. The smallest absolute Gasteiger partial charge is 0.201 e. The van der Waals surface area contributed by atoms with E-state index in [1.807, 2.05) is 19.1 Å². The van der Waals surface area contributed by atoms with E-state index in [1.165, 1.54) is 19.2 Å². The van der Waals surface area contributed by atoms with Crippen molar-refractivity contribution in [3.63, 3.8) is 0 Å². The lowest BCUT2D eigenvalue weighted by Gasteiger charge is -2.27. The van der Waals surface area contributed by atoms with Gasteiger partial charge < -0.3 is 4.74 Å². The number of benzene rings is 3. The van der Waals surface area contributed by atoms with Crippen molar-refractivity contribution in [2.45, 2.75) is 38.5 Å². The van der Waals surface area contributed by atoms with Crippen molar-refractivity contribution in [3.8, 4) is 28.0 Å². The summed E-state index contributed by atoms with van der Waals surface area (Å²) in [7, 11) is 1.30. The Hall–Kier alpha value is -3.01. The lowest BCUT2D eigenvalue weighted by Crippen LogP contribution is -2.12. The molecule has 3 aromatic rings. The van der Waals surface area contributed by atoms with Crippen molar-refractivity contribution in [2.24, 2.45) is 5.92 Å². The first-order valence-corrected chi connectivity index (χ1v) is 11.1. The Bertz CT molecular complexity index is 1110. The van der Waals surface area contributed by atoms with E-state index in [0.29, 0.717) is 11.5 Å². The molecule has 1 nitrogen and oxygen atoms in total. The molecule has 0 spiro atoms.